The fraction of sp³-hybridized carbons (Fsp3) is 0.929. The van der Waals surface area contributed by atoms with Crippen LogP contribution in [0.2, 0.25) is 0 Å². The zero-order chi connectivity index (χ0) is 14.1. The van der Waals surface area contributed by atoms with Crippen molar-refractivity contribution in [1.82, 2.24) is 4.90 Å². The zero-order valence-corrected chi connectivity index (χ0v) is 12.4. The molecule has 0 unspecified atom stereocenters. The monoisotopic (exact) mass is 271 g/mol. The van der Waals surface area contributed by atoms with Gasteiger partial charge in [-0.3, -0.25) is 0 Å². The standard InChI is InChI=1S/C14H25NO4/c1-13(2,3)19-12(16)15(4)11-5-7-14(8-6-11)17-9-10-18-14/h11H,5-10H2,1-4H3. The fourth-order valence-electron chi connectivity index (χ4n) is 2.70. The Balaban J connectivity index is 1.85. The van der Waals surface area contributed by atoms with Crippen LogP contribution in [0, 0.1) is 0 Å². The number of hydrogen-bond donors (Lipinski definition) is 0. The largest absolute Gasteiger partial charge is 0.444 e. The first kappa shape index (κ1) is 14.6. The normalized spacial score (nSPS) is 23.6. The van der Waals surface area contributed by atoms with Crippen LogP contribution in [0.4, 0.5) is 4.79 Å². The number of hydrogen-bond acceptors (Lipinski definition) is 4. The van der Waals surface area contributed by atoms with E-state index in [0.29, 0.717) is 13.2 Å². The smallest absolute Gasteiger partial charge is 0.410 e. The van der Waals surface area contributed by atoms with Crippen LogP contribution in [0.1, 0.15) is 46.5 Å². The maximum absolute atomic E-state index is 12.0. The van der Waals surface area contributed by atoms with Crippen LogP contribution in [0.25, 0.3) is 0 Å². The van der Waals surface area contributed by atoms with Crippen LogP contribution < -0.4 is 0 Å². The Kier molecular flexibility index (Phi) is 4.06. The summed E-state index contributed by atoms with van der Waals surface area (Å²) in [5.41, 5.74) is -0.446. The molecule has 1 spiro atoms. The average molecular weight is 271 g/mol. The van der Waals surface area contributed by atoms with Crippen molar-refractivity contribution in [2.75, 3.05) is 20.3 Å². The van der Waals surface area contributed by atoms with Gasteiger partial charge in [-0.05, 0) is 33.6 Å². The molecule has 0 atom stereocenters. The number of nitrogens with zero attached hydrogens (tertiary/aromatic N) is 1. The minimum absolute atomic E-state index is 0.216. The summed E-state index contributed by atoms with van der Waals surface area (Å²) in [6.45, 7) is 7.03. The lowest BCUT2D eigenvalue weighted by atomic mass is 9.89. The van der Waals surface area contributed by atoms with Gasteiger partial charge in [0.25, 0.3) is 0 Å². The maximum Gasteiger partial charge on any atom is 0.410 e. The van der Waals surface area contributed by atoms with Crippen LogP contribution in [-0.4, -0.2) is 48.7 Å². The highest BCUT2D eigenvalue weighted by Crippen LogP contribution is 2.37. The number of ether oxygens (including phenoxy) is 3. The Hall–Kier alpha value is -0.810. The molecule has 1 amide bonds. The molecule has 2 fully saturated rings. The maximum atomic E-state index is 12.0. The molecule has 1 aliphatic carbocycles. The van der Waals surface area contributed by atoms with E-state index < -0.39 is 5.60 Å². The van der Waals surface area contributed by atoms with Gasteiger partial charge in [-0.2, -0.15) is 0 Å². The average Bonchev–Trinajstić information content (AvgIpc) is 2.75. The highest BCUT2D eigenvalue weighted by atomic mass is 16.7. The van der Waals surface area contributed by atoms with Gasteiger partial charge in [0.05, 0.1) is 13.2 Å². The second kappa shape index (κ2) is 5.29. The second-order valence-corrected chi connectivity index (χ2v) is 6.43. The Morgan fingerprint density at radius 3 is 2.21 bits per heavy atom. The molecule has 0 aromatic carbocycles. The van der Waals surface area contributed by atoms with Crippen molar-refractivity contribution in [3.63, 3.8) is 0 Å². The molecular formula is C14H25NO4. The lowest BCUT2D eigenvalue weighted by molar-refractivity contribution is -0.182. The lowest BCUT2D eigenvalue weighted by Gasteiger charge is -2.39. The summed E-state index contributed by atoms with van der Waals surface area (Å²) in [7, 11) is 1.81. The van der Waals surface area contributed by atoms with E-state index in [0.717, 1.165) is 25.7 Å². The van der Waals surface area contributed by atoms with Crippen molar-refractivity contribution < 1.29 is 19.0 Å². The van der Waals surface area contributed by atoms with E-state index in [9.17, 15) is 4.79 Å². The summed E-state index contributed by atoms with van der Waals surface area (Å²) in [6, 6.07) is 0.216. The summed E-state index contributed by atoms with van der Waals surface area (Å²) in [5.74, 6) is -0.370. The van der Waals surface area contributed by atoms with Crippen molar-refractivity contribution in [1.29, 1.82) is 0 Å². The van der Waals surface area contributed by atoms with E-state index >= 15 is 0 Å². The molecule has 5 heteroatoms. The van der Waals surface area contributed by atoms with Gasteiger partial charge in [-0.1, -0.05) is 0 Å². The van der Waals surface area contributed by atoms with Crippen molar-refractivity contribution in [2.24, 2.45) is 0 Å². The highest BCUT2D eigenvalue weighted by Gasteiger charge is 2.42. The molecule has 0 N–H and O–H groups in total. The zero-order valence-electron chi connectivity index (χ0n) is 12.4. The lowest BCUT2D eigenvalue weighted by Crippen LogP contribution is -2.46. The third-order valence-electron chi connectivity index (χ3n) is 3.76. The Morgan fingerprint density at radius 1 is 1.21 bits per heavy atom. The summed E-state index contributed by atoms with van der Waals surface area (Å²) < 4.78 is 16.8. The molecule has 0 aromatic heterocycles. The van der Waals surface area contributed by atoms with Gasteiger partial charge in [0, 0.05) is 25.9 Å². The van der Waals surface area contributed by atoms with Crippen molar-refractivity contribution in [3.8, 4) is 0 Å². The molecule has 5 nitrogen and oxygen atoms in total. The SMILES string of the molecule is CN(C(=O)OC(C)(C)C)C1CCC2(CC1)OCCO2. The molecule has 1 aliphatic heterocycles. The first-order chi connectivity index (χ1) is 8.81. The highest BCUT2D eigenvalue weighted by molar-refractivity contribution is 5.68. The molecule has 110 valence electrons. The van der Waals surface area contributed by atoms with Crippen molar-refractivity contribution in [2.45, 2.75) is 63.9 Å². The number of amides is 1. The molecule has 2 rings (SSSR count). The second-order valence-electron chi connectivity index (χ2n) is 6.43. The van der Waals surface area contributed by atoms with Crippen molar-refractivity contribution >= 4 is 6.09 Å². The Bertz CT molecular complexity index is 321. The summed E-state index contributed by atoms with van der Waals surface area (Å²) >= 11 is 0. The molecule has 1 saturated carbocycles. The molecule has 0 radical (unpaired) electrons. The van der Waals surface area contributed by atoms with Crippen LogP contribution >= 0.6 is 0 Å². The first-order valence-electron chi connectivity index (χ1n) is 7.05. The van der Waals surface area contributed by atoms with E-state index in [2.05, 4.69) is 0 Å². The third-order valence-corrected chi connectivity index (χ3v) is 3.76. The third kappa shape index (κ3) is 3.60. The van der Waals surface area contributed by atoms with Gasteiger partial charge in [0.1, 0.15) is 5.60 Å². The molecule has 19 heavy (non-hydrogen) atoms. The molecule has 0 bridgehead atoms. The first-order valence-corrected chi connectivity index (χ1v) is 7.05. The molecule has 1 heterocycles. The Labute approximate surface area is 115 Å². The molecule has 1 saturated heterocycles. The van der Waals surface area contributed by atoms with Gasteiger partial charge in [0.15, 0.2) is 5.79 Å². The molecular weight excluding hydrogens is 246 g/mol. The number of rotatable bonds is 1. The van der Waals surface area contributed by atoms with E-state index in [4.69, 9.17) is 14.2 Å². The predicted molar refractivity (Wildman–Crippen MR) is 70.9 cm³/mol. The minimum Gasteiger partial charge on any atom is -0.444 e. The van der Waals surface area contributed by atoms with E-state index in [1.165, 1.54) is 0 Å². The minimum atomic E-state index is -0.446. The van der Waals surface area contributed by atoms with Gasteiger partial charge in [-0.15, -0.1) is 0 Å². The van der Waals surface area contributed by atoms with Gasteiger partial charge in [0.2, 0.25) is 0 Å². The summed E-state index contributed by atoms with van der Waals surface area (Å²) in [5, 5.41) is 0. The molecule has 2 aliphatic rings. The number of carbonyl (C=O) groups excluding carboxylic acids is 1. The van der Waals surface area contributed by atoms with Crippen LogP contribution in [0.3, 0.4) is 0 Å². The quantitative estimate of drug-likeness (QED) is 0.735. The Morgan fingerprint density at radius 2 is 1.74 bits per heavy atom. The van der Waals surface area contributed by atoms with Gasteiger partial charge >= 0.3 is 6.09 Å². The van der Waals surface area contributed by atoms with E-state index in [-0.39, 0.29) is 17.9 Å². The predicted octanol–water partition coefficient (Wildman–Crippen LogP) is 2.54. The van der Waals surface area contributed by atoms with E-state index in [1.54, 1.807) is 4.90 Å². The summed E-state index contributed by atoms with van der Waals surface area (Å²) in [4.78, 5) is 13.7. The fourth-order valence-corrected chi connectivity index (χ4v) is 2.70. The summed E-state index contributed by atoms with van der Waals surface area (Å²) in [6.07, 6.45) is 3.25. The van der Waals surface area contributed by atoms with Gasteiger partial charge in [-0.25, -0.2) is 4.79 Å². The molecule has 0 aromatic rings. The topological polar surface area (TPSA) is 48.0 Å². The van der Waals surface area contributed by atoms with E-state index in [1.807, 2.05) is 27.8 Å². The number of carbonyl (C=O) groups is 1. The van der Waals surface area contributed by atoms with Crippen LogP contribution in [-0.2, 0) is 14.2 Å². The van der Waals surface area contributed by atoms with Crippen LogP contribution in [0.15, 0.2) is 0 Å². The van der Waals surface area contributed by atoms with Crippen molar-refractivity contribution in [3.05, 3.63) is 0 Å². The van der Waals surface area contributed by atoms with Crippen LogP contribution in [0.5, 0.6) is 0 Å². The van der Waals surface area contributed by atoms with Gasteiger partial charge < -0.3 is 19.1 Å².